The summed E-state index contributed by atoms with van der Waals surface area (Å²) in [7, 11) is 0. The van der Waals surface area contributed by atoms with Crippen molar-refractivity contribution in [2.75, 3.05) is 6.61 Å². The molecule has 0 aliphatic rings. The average Bonchev–Trinajstić information content (AvgIpc) is 3.24. The summed E-state index contributed by atoms with van der Waals surface area (Å²) in [6, 6.07) is 10.2. The summed E-state index contributed by atoms with van der Waals surface area (Å²) in [4.78, 5) is 11.7. The standard InChI is InChI=1S/C18H15N3O5/c1-11-7-15(12(2)25-11)18-21-20-16(26-18)9-24-17(22)10-23-14-5-3-13(8-19)4-6-14/h3-7H,9-10H2,1-2H3. The molecule has 0 spiro atoms. The fourth-order valence-electron chi connectivity index (χ4n) is 2.22. The Morgan fingerprint density at radius 2 is 1.96 bits per heavy atom. The number of ether oxygens (including phenoxy) is 2. The third kappa shape index (κ3) is 4.08. The predicted molar refractivity (Wildman–Crippen MR) is 87.9 cm³/mol. The highest BCUT2D eigenvalue weighted by molar-refractivity contribution is 5.71. The number of aromatic nitrogens is 2. The molecule has 0 unspecified atom stereocenters. The molecule has 0 amide bonds. The summed E-state index contributed by atoms with van der Waals surface area (Å²) in [5.74, 6) is 1.77. The topological polar surface area (TPSA) is 111 Å². The molecule has 0 atom stereocenters. The van der Waals surface area contributed by atoms with Crippen LogP contribution in [0.4, 0.5) is 0 Å². The van der Waals surface area contributed by atoms with Crippen molar-refractivity contribution in [3.8, 4) is 23.3 Å². The van der Waals surface area contributed by atoms with Crippen LogP contribution in [0.3, 0.4) is 0 Å². The molecule has 0 bridgehead atoms. The van der Waals surface area contributed by atoms with E-state index < -0.39 is 5.97 Å². The van der Waals surface area contributed by atoms with Gasteiger partial charge in [0, 0.05) is 0 Å². The van der Waals surface area contributed by atoms with E-state index in [9.17, 15) is 4.79 Å². The van der Waals surface area contributed by atoms with Crippen LogP contribution in [0.5, 0.6) is 5.75 Å². The van der Waals surface area contributed by atoms with E-state index in [4.69, 9.17) is 23.6 Å². The second kappa shape index (κ2) is 7.53. The van der Waals surface area contributed by atoms with Gasteiger partial charge in [0.15, 0.2) is 13.2 Å². The first kappa shape index (κ1) is 17.2. The van der Waals surface area contributed by atoms with E-state index in [-0.39, 0.29) is 19.1 Å². The number of nitrogens with zero attached hydrogens (tertiary/aromatic N) is 3. The molecule has 8 nitrogen and oxygen atoms in total. The van der Waals surface area contributed by atoms with Gasteiger partial charge < -0.3 is 18.3 Å². The molecule has 8 heteroatoms. The highest BCUT2D eigenvalue weighted by Gasteiger charge is 2.15. The van der Waals surface area contributed by atoms with Gasteiger partial charge in [-0.1, -0.05) is 0 Å². The first-order valence-electron chi connectivity index (χ1n) is 7.73. The molecule has 1 aromatic carbocycles. The Labute approximate surface area is 149 Å². The summed E-state index contributed by atoms with van der Waals surface area (Å²) < 4.78 is 21.2. The molecule has 132 valence electrons. The first-order chi connectivity index (χ1) is 12.5. The molecular formula is C18H15N3O5. The number of carbonyl (C=O) groups is 1. The lowest BCUT2D eigenvalue weighted by molar-refractivity contribution is -0.148. The van der Waals surface area contributed by atoms with E-state index in [0.29, 0.717) is 28.5 Å². The monoisotopic (exact) mass is 353 g/mol. The Balaban J connectivity index is 1.50. The van der Waals surface area contributed by atoms with Crippen LogP contribution in [-0.4, -0.2) is 22.8 Å². The molecule has 0 N–H and O–H groups in total. The normalized spacial score (nSPS) is 10.3. The lowest BCUT2D eigenvalue weighted by atomic mass is 10.2. The number of carbonyl (C=O) groups excluding carboxylic acids is 1. The molecule has 3 aromatic rings. The smallest absolute Gasteiger partial charge is 0.344 e. The van der Waals surface area contributed by atoms with Crippen LogP contribution in [0.2, 0.25) is 0 Å². The van der Waals surface area contributed by atoms with E-state index in [1.54, 1.807) is 37.3 Å². The summed E-state index contributed by atoms with van der Waals surface area (Å²) >= 11 is 0. The van der Waals surface area contributed by atoms with Crippen molar-refractivity contribution in [3.63, 3.8) is 0 Å². The van der Waals surface area contributed by atoms with Crippen LogP contribution >= 0.6 is 0 Å². The van der Waals surface area contributed by atoms with E-state index in [1.807, 2.05) is 13.0 Å². The zero-order valence-corrected chi connectivity index (χ0v) is 14.2. The van der Waals surface area contributed by atoms with E-state index in [1.165, 1.54) is 0 Å². The van der Waals surface area contributed by atoms with Crippen LogP contribution in [0.25, 0.3) is 11.5 Å². The molecule has 0 fully saturated rings. The number of aryl methyl sites for hydroxylation is 2. The van der Waals surface area contributed by atoms with Crippen molar-refractivity contribution in [2.24, 2.45) is 0 Å². The average molecular weight is 353 g/mol. The van der Waals surface area contributed by atoms with Crippen molar-refractivity contribution in [2.45, 2.75) is 20.5 Å². The molecule has 2 heterocycles. The molecule has 0 aliphatic carbocycles. The zero-order chi connectivity index (χ0) is 18.5. The largest absolute Gasteiger partial charge is 0.482 e. The predicted octanol–water partition coefficient (Wildman–Crippen LogP) is 2.94. The number of esters is 1. The Hall–Kier alpha value is -3.60. The van der Waals surface area contributed by atoms with E-state index in [2.05, 4.69) is 10.2 Å². The molecular weight excluding hydrogens is 338 g/mol. The van der Waals surface area contributed by atoms with E-state index in [0.717, 1.165) is 5.76 Å². The minimum Gasteiger partial charge on any atom is -0.482 e. The number of hydrogen-bond donors (Lipinski definition) is 0. The van der Waals surface area contributed by atoms with Gasteiger partial charge in [0.2, 0.25) is 0 Å². The van der Waals surface area contributed by atoms with Crippen molar-refractivity contribution in [1.82, 2.24) is 10.2 Å². The highest BCUT2D eigenvalue weighted by atomic mass is 16.6. The number of hydrogen-bond acceptors (Lipinski definition) is 8. The summed E-state index contributed by atoms with van der Waals surface area (Å²) in [6.07, 6.45) is 0. The molecule has 26 heavy (non-hydrogen) atoms. The SMILES string of the molecule is Cc1cc(-c2nnc(COC(=O)COc3ccc(C#N)cc3)o2)c(C)o1. The quantitative estimate of drug-likeness (QED) is 0.622. The van der Waals surface area contributed by atoms with Gasteiger partial charge >= 0.3 is 5.97 Å². The maximum Gasteiger partial charge on any atom is 0.344 e. The maximum atomic E-state index is 11.7. The highest BCUT2D eigenvalue weighted by Crippen LogP contribution is 2.25. The number of rotatable bonds is 6. The van der Waals surface area contributed by atoms with Crippen molar-refractivity contribution in [1.29, 1.82) is 5.26 Å². The van der Waals surface area contributed by atoms with Gasteiger partial charge in [0.25, 0.3) is 11.8 Å². The fourth-order valence-corrected chi connectivity index (χ4v) is 2.22. The Kier molecular flexibility index (Phi) is 4.99. The van der Waals surface area contributed by atoms with Crippen molar-refractivity contribution >= 4 is 5.97 Å². The lowest BCUT2D eigenvalue weighted by Gasteiger charge is -2.05. The first-order valence-corrected chi connectivity index (χ1v) is 7.73. The molecule has 3 rings (SSSR count). The van der Waals surface area contributed by atoms with Crippen LogP contribution in [0.1, 0.15) is 23.0 Å². The third-order valence-corrected chi connectivity index (χ3v) is 3.43. The van der Waals surface area contributed by atoms with Crippen LogP contribution < -0.4 is 4.74 Å². The number of nitriles is 1. The second-order valence-electron chi connectivity index (χ2n) is 5.41. The van der Waals surface area contributed by atoms with E-state index >= 15 is 0 Å². The zero-order valence-electron chi connectivity index (χ0n) is 14.2. The van der Waals surface area contributed by atoms with Crippen molar-refractivity contribution in [3.05, 3.63) is 53.3 Å². The van der Waals surface area contributed by atoms with Gasteiger partial charge in [-0.25, -0.2) is 4.79 Å². The fraction of sp³-hybridized carbons (Fsp3) is 0.222. The van der Waals surface area contributed by atoms with Crippen LogP contribution in [0.15, 0.2) is 39.2 Å². The van der Waals surface area contributed by atoms with Crippen LogP contribution in [-0.2, 0) is 16.1 Å². The molecule has 0 aliphatic heterocycles. The van der Waals surface area contributed by atoms with Gasteiger partial charge in [0.05, 0.1) is 17.2 Å². The van der Waals surface area contributed by atoms with Crippen molar-refractivity contribution < 1.29 is 23.1 Å². The van der Waals surface area contributed by atoms with Crippen LogP contribution in [0, 0.1) is 25.2 Å². The summed E-state index contributed by atoms with van der Waals surface area (Å²) in [5, 5.41) is 16.5. The minimum absolute atomic E-state index is 0.154. The lowest BCUT2D eigenvalue weighted by Crippen LogP contribution is -2.14. The Morgan fingerprint density at radius 1 is 1.19 bits per heavy atom. The number of furan rings is 1. The van der Waals surface area contributed by atoms with Gasteiger partial charge in [-0.2, -0.15) is 5.26 Å². The van der Waals surface area contributed by atoms with Gasteiger partial charge in [-0.3, -0.25) is 0 Å². The van der Waals surface area contributed by atoms with Gasteiger partial charge in [-0.15, -0.1) is 10.2 Å². The molecule has 0 radical (unpaired) electrons. The maximum absolute atomic E-state index is 11.7. The Morgan fingerprint density at radius 3 is 2.62 bits per heavy atom. The molecule has 0 saturated carbocycles. The second-order valence-corrected chi connectivity index (χ2v) is 5.41. The summed E-state index contributed by atoms with van der Waals surface area (Å²) in [5.41, 5.74) is 1.21. The Bertz CT molecular complexity index is 950. The number of benzene rings is 1. The minimum atomic E-state index is -0.579. The van der Waals surface area contributed by atoms with Gasteiger partial charge in [-0.05, 0) is 44.2 Å². The molecule has 2 aromatic heterocycles. The third-order valence-electron chi connectivity index (χ3n) is 3.43. The van der Waals surface area contributed by atoms with Gasteiger partial charge in [0.1, 0.15) is 17.3 Å². The molecule has 0 saturated heterocycles. The summed E-state index contributed by atoms with van der Waals surface area (Å²) in [6.45, 7) is 3.20.